The van der Waals surface area contributed by atoms with Crippen LogP contribution in [0.15, 0.2) is 0 Å². The van der Waals surface area contributed by atoms with E-state index in [0.29, 0.717) is 23.2 Å². The predicted octanol–water partition coefficient (Wildman–Crippen LogP) is 2.19. The normalized spacial score (nSPS) is 23.8. The Labute approximate surface area is 110 Å². The minimum absolute atomic E-state index is 0.107. The van der Waals surface area contributed by atoms with Crippen LogP contribution in [0.5, 0.6) is 0 Å². The summed E-state index contributed by atoms with van der Waals surface area (Å²) < 4.78 is 0. The fourth-order valence-electron chi connectivity index (χ4n) is 2.30. The Hall–Kier alpha value is -0.640. The second kappa shape index (κ2) is 5.34. The van der Waals surface area contributed by atoms with E-state index >= 15 is 0 Å². The van der Waals surface area contributed by atoms with Crippen molar-refractivity contribution in [3.8, 4) is 0 Å². The summed E-state index contributed by atoms with van der Waals surface area (Å²) in [5.41, 5.74) is 5.06. The fraction of sp³-hybridized carbons (Fsp3) is 0.846. The number of nitrogens with two attached hydrogens (primary N) is 1. The van der Waals surface area contributed by atoms with Crippen LogP contribution in [0.3, 0.4) is 0 Å². The van der Waals surface area contributed by atoms with E-state index in [1.165, 1.54) is 0 Å². The van der Waals surface area contributed by atoms with Gasteiger partial charge in [-0.25, -0.2) is 0 Å². The van der Waals surface area contributed by atoms with Crippen LogP contribution in [0.25, 0.3) is 0 Å². The van der Waals surface area contributed by atoms with Crippen LogP contribution in [0, 0.1) is 17.3 Å². The molecule has 3 nitrogen and oxygen atoms in total. The van der Waals surface area contributed by atoms with Gasteiger partial charge in [0.05, 0.1) is 10.4 Å². The zero-order valence-corrected chi connectivity index (χ0v) is 12.1. The topological polar surface area (TPSA) is 46.3 Å². The number of carbonyl (C=O) groups excluding carboxylic acids is 1. The number of amides is 1. The molecule has 1 amide bonds. The summed E-state index contributed by atoms with van der Waals surface area (Å²) in [5.74, 6) is 1.35. The summed E-state index contributed by atoms with van der Waals surface area (Å²) in [5, 5.41) is 0. The molecule has 0 radical (unpaired) electrons. The second-order valence-electron chi connectivity index (χ2n) is 5.59. The van der Waals surface area contributed by atoms with Gasteiger partial charge in [-0.2, -0.15) is 0 Å². The molecule has 2 N–H and O–H groups in total. The first-order valence-corrected chi connectivity index (χ1v) is 6.83. The lowest BCUT2D eigenvalue weighted by Crippen LogP contribution is -2.48. The molecule has 0 saturated carbocycles. The van der Waals surface area contributed by atoms with Crippen molar-refractivity contribution in [3.63, 3.8) is 0 Å². The highest BCUT2D eigenvalue weighted by atomic mass is 32.1. The van der Waals surface area contributed by atoms with Crippen LogP contribution >= 0.6 is 12.2 Å². The maximum absolute atomic E-state index is 12.5. The van der Waals surface area contributed by atoms with Gasteiger partial charge in [0.15, 0.2) is 0 Å². The Bertz CT molecular complexity index is 317. The molecular formula is C13H24N2OS. The highest BCUT2D eigenvalue weighted by molar-refractivity contribution is 7.80. The van der Waals surface area contributed by atoms with Gasteiger partial charge >= 0.3 is 0 Å². The molecule has 0 aromatic carbocycles. The smallest absolute Gasteiger partial charge is 0.235 e. The van der Waals surface area contributed by atoms with E-state index in [1.54, 1.807) is 0 Å². The first-order chi connectivity index (χ1) is 7.82. The van der Waals surface area contributed by atoms with E-state index in [-0.39, 0.29) is 5.91 Å². The molecule has 0 spiro atoms. The van der Waals surface area contributed by atoms with E-state index in [4.69, 9.17) is 18.0 Å². The number of carbonyl (C=O) groups is 1. The van der Waals surface area contributed by atoms with Crippen molar-refractivity contribution in [1.82, 2.24) is 4.90 Å². The lowest BCUT2D eigenvalue weighted by molar-refractivity contribution is -0.136. The lowest BCUT2D eigenvalue weighted by atomic mass is 9.86. The molecule has 0 aliphatic carbocycles. The minimum Gasteiger partial charge on any atom is -0.392 e. The maximum Gasteiger partial charge on any atom is 0.235 e. The average Bonchev–Trinajstić information content (AvgIpc) is 2.75. The second-order valence-corrected chi connectivity index (χ2v) is 6.03. The molecule has 1 aliphatic heterocycles. The predicted molar refractivity (Wildman–Crippen MR) is 74.7 cm³/mol. The number of nitrogens with zero attached hydrogens (tertiary/aromatic N) is 1. The molecule has 2 atom stereocenters. The van der Waals surface area contributed by atoms with Gasteiger partial charge in [-0.3, -0.25) is 4.79 Å². The summed E-state index contributed by atoms with van der Waals surface area (Å²) in [6.07, 6.45) is 1.77. The van der Waals surface area contributed by atoms with Gasteiger partial charge in [-0.15, -0.1) is 0 Å². The van der Waals surface area contributed by atoms with Crippen LogP contribution in [0.1, 0.15) is 40.5 Å². The third-order valence-corrected chi connectivity index (χ3v) is 4.63. The van der Waals surface area contributed by atoms with Crippen LogP contribution < -0.4 is 5.73 Å². The third kappa shape index (κ3) is 2.79. The molecule has 2 unspecified atom stereocenters. The highest BCUT2D eigenvalue weighted by Gasteiger charge is 2.40. The molecule has 1 aliphatic rings. The third-order valence-electron chi connectivity index (χ3n) is 4.18. The maximum atomic E-state index is 12.5. The molecule has 4 heteroatoms. The number of likely N-dealkylation sites (tertiary alicyclic amines) is 1. The van der Waals surface area contributed by atoms with Crippen LogP contribution in [0.2, 0.25) is 0 Å². The highest BCUT2D eigenvalue weighted by Crippen LogP contribution is 2.30. The van der Waals surface area contributed by atoms with E-state index in [9.17, 15) is 4.79 Å². The molecule has 0 aromatic rings. The number of rotatable bonds is 4. The molecule has 1 saturated heterocycles. The van der Waals surface area contributed by atoms with Crippen molar-refractivity contribution in [2.75, 3.05) is 13.1 Å². The monoisotopic (exact) mass is 256 g/mol. The van der Waals surface area contributed by atoms with E-state index in [2.05, 4.69) is 13.8 Å². The summed E-state index contributed by atoms with van der Waals surface area (Å²) >= 11 is 5.05. The Balaban J connectivity index is 2.75. The summed E-state index contributed by atoms with van der Waals surface area (Å²) in [6.45, 7) is 9.96. The van der Waals surface area contributed by atoms with E-state index in [0.717, 1.165) is 19.5 Å². The van der Waals surface area contributed by atoms with E-state index in [1.807, 2.05) is 18.7 Å². The zero-order chi connectivity index (χ0) is 13.2. The number of thiocarbonyl (C=S) groups is 1. The summed E-state index contributed by atoms with van der Waals surface area (Å²) in [4.78, 5) is 14.7. The minimum atomic E-state index is -0.665. The number of hydrogen-bond donors (Lipinski definition) is 1. The first kappa shape index (κ1) is 14.4. The van der Waals surface area contributed by atoms with Crippen molar-refractivity contribution >= 4 is 23.1 Å². The van der Waals surface area contributed by atoms with Gasteiger partial charge in [-0.1, -0.05) is 33.0 Å². The molecular weight excluding hydrogens is 232 g/mol. The molecule has 98 valence electrons. The van der Waals surface area contributed by atoms with Crippen molar-refractivity contribution in [1.29, 1.82) is 0 Å². The quantitative estimate of drug-likeness (QED) is 0.784. The van der Waals surface area contributed by atoms with Crippen LogP contribution in [-0.2, 0) is 4.79 Å². The average molecular weight is 256 g/mol. The molecule has 1 fully saturated rings. The van der Waals surface area contributed by atoms with Crippen LogP contribution in [-0.4, -0.2) is 28.9 Å². The van der Waals surface area contributed by atoms with Gasteiger partial charge in [0, 0.05) is 13.1 Å². The standard InChI is InChI=1S/C13H24N2OS/c1-5-13(4,11(14)17)12(16)15-7-6-10(8-15)9(2)3/h9-10H,5-8H2,1-4H3,(H2,14,17). The largest absolute Gasteiger partial charge is 0.392 e. The van der Waals surface area contributed by atoms with Crippen LogP contribution in [0.4, 0.5) is 0 Å². The Morgan fingerprint density at radius 3 is 2.53 bits per heavy atom. The first-order valence-electron chi connectivity index (χ1n) is 6.42. The molecule has 1 rings (SSSR count). The molecule has 0 bridgehead atoms. The molecule has 0 aromatic heterocycles. The van der Waals surface area contributed by atoms with Crippen molar-refractivity contribution in [2.24, 2.45) is 23.0 Å². The SMILES string of the molecule is CCC(C)(C(=O)N1CCC(C(C)C)C1)C(N)=S. The number of hydrogen-bond acceptors (Lipinski definition) is 2. The van der Waals surface area contributed by atoms with Gasteiger partial charge in [0.2, 0.25) is 5.91 Å². The summed E-state index contributed by atoms with van der Waals surface area (Å²) in [7, 11) is 0. The Morgan fingerprint density at radius 2 is 2.18 bits per heavy atom. The van der Waals surface area contributed by atoms with Crippen molar-refractivity contribution in [3.05, 3.63) is 0 Å². The Kier molecular flexibility index (Phi) is 4.53. The van der Waals surface area contributed by atoms with E-state index < -0.39 is 5.41 Å². The molecule has 17 heavy (non-hydrogen) atoms. The van der Waals surface area contributed by atoms with Gasteiger partial charge in [0.25, 0.3) is 0 Å². The fourth-order valence-corrected chi connectivity index (χ4v) is 2.53. The Morgan fingerprint density at radius 1 is 1.59 bits per heavy atom. The zero-order valence-electron chi connectivity index (χ0n) is 11.3. The van der Waals surface area contributed by atoms with Gasteiger partial charge in [-0.05, 0) is 31.6 Å². The lowest BCUT2D eigenvalue weighted by Gasteiger charge is -2.31. The summed E-state index contributed by atoms with van der Waals surface area (Å²) in [6, 6.07) is 0. The van der Waals surface area contributed by atoms with Gasteiger partial charge in [0.1, 0.15) is 0 Å². The van der Waals surface area contributed by atoms with Crippen molar-refractivity contribution in [2.45, 2.75) is 40.5 Å². The van der Waals surface area contributed by atoms with Gasteiger partial charge < -0.3 is 10.6 Å². The van der Waals surface area contributed by atoms with Crippen molar-refractivity contribution < 1.29 is 4.79 Å². The molecule has 1 heterocycles.